The molecule has 0 saturated carbocycles. The first-order valence-corrected chi connectivity index (χ1v) is 5.79. The third-order valence-corrected chi connectivity index (χ3v) is 2.62. The van der Waals surface area contributed by atoms with Gasteiger partial charge in [-0.2, -0.15) is 13.1 Å². The van der Waals surface area contributed by atoms with E-state index in [4.69, 9.17) is 0 Å². The molecule has 0 spiro atoms. The number of rotatable bonds is 4. The van der Waals surface area contributed by atoms with Gasteiger partial charge in [0.25, 0.3) is 0 Å². The number of nitrogens with one attached hydrogen (secondary N) is 2. The van der Waals surface area contributed by atoms with Gasteiger partial charge in [-0.05, 0) is 26.0 Å². The molecule has 0 fully saturated rings. The monoisotopic (exact) mass is 233 g/mol. The molecule has 7 heteroatoms. The topological polar surface area (TPSA) is 71.1 Å². The SMILES string of the molecule is CC(C)NS(=O)(=O)Nc1ncccc1F. The molecule has 0 aliphatic rings. The molecule has 15 heavy (non-hydrogen) atoms. The molecular weight excluding hydrogens is 221 g/mol. The molecule has 0 radical (unpaired) electrons. The van der Waals surface area contributed by atoms with Gasteiger partial charge in [0.15, 0.2) is 11.6 Å². The summed E-state index contributed by atoms with van der Waals surface area (Å²) in [5, 5.41) is 0. The summed E-state index contributed by atoms with van der Waals surface area (Å²) in [6.07, 6.45) is 1.30. The molecule has 5 nitrogen and oxygen atoms in total. The van der Waals surface area contributed by atoms with Crippen LogP contribution in [-0.2, 0) is 10.2 Å². The molecule has 0 aliphatic carbocycles. The van der Waals surface area contributed by atoms with Gasteiger partial charge in [0.1, 0.15) is 0 Å². The Hall–Kier alpha value is -1.21. The maximum atomic E-state index is 13.0. The molecule has 0 bridgehead atoms. The van der Waals surface area contributed by atoms with Crippen LogP contribution in [0.2, 0.25) is 0 Å². The molecule has 0 aliphatic heterocycles. The van der Waals surface area contributed by atoms with Gasteiger partial charge in [-0.3, -0.25) is 4.72 Å². The third-order valence-electron chi connectivity index (χ3n) is 1.38. The Balaban J connectivity index is 2.83. The zero-order valence-electron chi connectivity index (χ0n) is 8.36. The molecule has 2 N–H and O–H groups in total. The van der Waals surface area contributed by atoms with Crippen molar-refractivity contribution in [3.8, 4) is 0 Å². The smallest absolute Gasteiger partial charge is 0.252 e. The van der Waals surface area contributed by atoms with Gasteiger partial charge in [-0.15, -0.1) is 0 Å². The fourth-order valence-corrected chi connectivity index (χ4v) is 2.01. The summed E-state index contributed by atoms with van der Waals surface area (Å²) in [6.45, 7) is 3.32. The summed E-state index contributed by atoms with van der Waals surface area (Å²) >= 11 is 0. The fourth-order valence-electron chi connectivity index (χ4n) is 0.928. The van der Waals surface area contributed by atoms with Crippen LogP contribution in [-0.4, -0.2) is 19.4 Å². The van der Waals surface area contributed by atoms with E-state index in [-0.39, 0.29) is 11.9 Å². The minimum absolute atomic E-state index is 0.269. The van der Waals surface area contributed by atoms with Gasteiger partial charge in [0.2, 0.25) is 0 Å². The van der Waals surface area contributed by atoms with E-state index in [9.17, 15) is 12.8 Å². The van der Waals surface area contributed by atoms with E-state index in [2.05, 4.69) is 9.71 Å². The van der Waals surface area contributed by atoms with Crippen LogP contribution < -0.4 is 9.44 Å². The zero-order chi connectivity index (χ0) is 11.5. The first-order valence-electron chi connectivity index (χ1n) is 4.31. The Labute approximate surface area is 87.9 Å². The van der Waals surface area contributed by atoms with Crippen molar-refractivity contribution in [2.45, 2.75) is 19.9 Å². The van der Waals surface area contributed by atoms with E-state index < -0.39 is 16.0 Å². The van der Waals surface area contributed by atoms with Crippen LogP contribution in [0.25, 0.3) is 0 Å². The summed E-state index contributed by atoms with van der Waals surface area (Å²) in [6, 6.07) is 2.23. The van der Waals surface area contributed by atoms with Crippen LogP contribution >= 0.6 is 0 Å². The number of halogens is 1. The Bertz CT molecular complexity index is 433. The van der Waals surface area contributed by atoms with Gasteiger partial charge in [0, 0.05) is 12.2 Å². The maximum Gasteiger partial charge on any atom is 0.300 e. The average molecular weight is 233 g/mol. The molecular formula is C8H12FN3O2S. The number of hydrogen-bond donors (Lipinski definition) is 2. The van der Waals surface area contributed by atoms with Crippen molar-refractivity contribution in [2.75, 3.05) is 4.72 Å². The lowest BCUT2D eigenvalue weighted by molar-refractivity contribution is 0.573. The van der Waals surface area contributed by atoms with Crippen molar-refractivity contribution in [1.29, 1.82) is 0 Å². The van der Waals surface area contributed by atoms with Crippen molar-refractivity contribution < 1.29 is 12.8 Å². The summed E-state index contributed by atoms with van der Waals surface area (Å²) < 4.78 is 39.9. The van der Waals surface area contributed by atoms with Crippen molar-refractivity contribution in [1.82, 2.24) is 9.71 Å². The zero-order valence-corrected chi connectivity index (χ0v) is 9.18. The molecule has 1 aromatic heterocycles. The highest BCUT2D eigenvalue weighted by Crippen LogP contribution is 2.09. The van der Waals surface area contributed by atoms with Gasteiger partial charge >= 0.3 is 10.2 Å². The van der Waals surface area contributed by atoms with Crippen LogP contribution in [0.15, 0.2) is 18.3 Å². The normalized spacial score (nSPS) is 11.7. The van der Waals surface area contributed by atoms with Crippen LogP contribution in [0.5, 0.6) is 0 Å². The number of anilines is 1. The molecule has 1 rings (SSSR count). The van der Waals surface area contributed by atoms with E-state index in [0.29, 0.717) is 0 Å². The first-order chi connectivity index (χ1) is 6.91. The Morgan fingerprint density at radius 3 is 2.67 bits per heavy atom. The molecule has 0 unspecified atom stereocenters. The second-order valence-corrected chi connectivity index (χ2v) is 4.66. The predicted molar refractivity (Wildman–Crippen MR) is 55.0 cm³/mol. The second-order valence-electron chi connectivity index (χ2n) is 3.21. The second kappa shape index (κ2) is 4.54. The molecule has 0 aromatic carbocycles. The van der Waals surface area contributed by atoms with Gasteiger partial charge in [-0.25, -0.2) is 9.37 Å². The highest BCUT2D eigenvalue weighted by molar-refractivity contribution is 7.90. The molecule has 1 aromatic rings. The van der Waals surface area contributed by atoms with Gasteiger partial charge in [-0.1, -0.05) is 0 Å². The molecule has 0 amide bonds. The summed E-state index contributed by atoms with van der Waals surface area (Å²) in [4.78, 5) is 3.57. The molecule has 1 heterocycles. The van der Waals surface area contributed by atoms with E-state index in [1.807, 2.05) is 4.72 Å². The number of hydrogen-bond acceptors (Lipinski definition) is 3. The lowest BCUT2D eigenvalue weighted by atomic mass is 10.4. The average Bonchev–Trinajstić information content (AvgIpc) is 2.06. The van der Waals surface area contributed by atoms with Crippen LogP contribution in [0.3, 0.4) is 0 Å². The lowest BCUT2D eigenvalue weighted by Gasteiger charge is -2.10. The third kappa shape index (κ3) is 3.80. The molecule has 0 atom stereocenters. The molecule has 0 saturated heterocycles. The minimum Gasteiger partial charge on any atom is -0.252 e. The number of nitrogens with zero attached hydrogens (tertiary/aromatic N) is 1. The summed E-state index contributed by atoms with van der Waals surface area (Å²) in [7, 11) is -3.76. The highest BCUT2D eigenvalue weighted by atomic mass is 32.2. The minimum atomic E-state index is -3.76. The van der Waals surface area contributed by atoms with Crippen molar-refractivity contribution in [3.05, 3.63) is 24.1 Å². The Morgan fingerprint density at radius 2 is 2.13 bits per heavy atom. The van der Waals surface area contributed by atoms with E-state index in [1.165, 1.54) is 12.3 Å². The molecule has 84 valence electrons. The van der Waals surface area contributed by atoms with Crippen molar-refractivity contribution >= 4 is 16.0 Å². The van der Waals surface area contributed by atoms with Gasteiger partial charge in [0.05, 0.1) is 0 Å². The van der Waals surface area contributed by atoms with Crippen LogP contribution in [0.1, 0.15) is 13.8 Å². The lowest BCUT2D eigenvalue weighted by Crippen LogP contribution is -2.35. The van der Waals surface area contributed by atoms with Crippen LogP contribution in [0, 0.1) is 5.82 Å². The predicted octanol–water partition coefficient (Wildman–Crippen LogP) is 0.875. The van der Waals surface area contributed by atoms with Crippen molar-refractivity contribution in [3.63, 3.8) is 0 Å². The van der Waals surface area contributed by atoms with E-state index in [1.54, 1.807) is 13.8 Å². The summed E-state index contributed by atoms with van der Waals surface area (Å²) in [5.74, 6) is -1.03. The van der Waals surface area contributed by atoms with Gasteiger partial charge < -0.3 is 0 Å². The largest absolute Gasteiger partial charge is 0.300 e. The quantitative estimate of drug-likeness (QED) is 0.810. The van der Waals surface area contributed by atoms with Crippen LogP contribution in [0.4, 0.5) is 10.2 Å². The van der Waals surface area contributed by atoms with E-state index >= 15 is 0 Å². The van der Waals surface area contributed by atoms with Crippen molar-refractivity contribution in [2.24, 2.45) is 0 Å². The number of pyridine rings is 1. The fraction of sp³-hybridized carbons (Fsp3) is 0.375. The highest BCUT2D eigenvalue weighted by Gasteiger charge is 2.14. The first kappa shape index (κ1) is 11.9. The Kier molecular flexibility index (Phi) is 3.59. The van der Waals surface area contributed by atoms with E-state index in [0.717, 1.165) is 6.07 Å². The summed E-state index contributed by atoms with van der Waals surface area (Å²) in [5.41, 5.74) is 0. The standard InChI is InChI=1S/C8H12FN3O2S/c1-6(2)11-15(13,14)12-8-7(9)4-3-5-10-8/h3-6,11H,1-2H3,(H,10,12). The maximum absolute atomic E-state index is 13.0. The Morgan fingerprint density at radius 1 is 1.47 bits per heavy atom. The number of aromatic nitrogens is 1.